The second-order valence-electron chi connectivity index (χ2n) is 7.04. The van der Waals surface area contributed by atoms with Gasteiger partial charge < -0.3 is 34.8 Å². The largest absolute Gasteiger partial charge is 0.490 e. The molecule has 3 N–H and O–H groups in total. The number of rotatable bonds is 7. The van der Waals surface area contributed by atoms with E-state index in [-0.39, 0.29) is 11.7 Å². The first kappa shape index (κ1) is 29.5. The van der Waals surface area contributed by atoms with Crippen LogP contribution in [0.25, 0.3) is 0 Å². The second-order valence-corrected chi connectivity index (χ2v) is 7.04. The number of benzene rings is 1. The van der Waals surface area contributed by atoms with Crippen LogP contribution in [0.15, 0.2) is 29.3 Å². The van der Waals surface area contributed by atoms with E-state index in [9.17, 15) is 27.9 Å². The minimum absolute atomic E-state index is 0.205. The molecule has 11 nitrogen and oxygen atoms in total. The molecule has 0 radical (unpaired) electrons. The first-order chi connectivity index (χ1) is 16.5. The number of hydrogen-bond donors (Lipinski definition) is 3. The number of carboxylic acids is 2. The maximum absolute atomic E-state index is 11.9. The normalized spacial score (nSPS) is 14.0. The zero-order chi connectivity index (χ0) is 26.4. The van der Waals surface area contributed by atoms with E-state index >= 15 is 0 Å². The summed E-state index contributed by atoms with van der Waals surface area (Å²) in [5.74, 6) is -3.08. The third-order valence-corrected chi connectivity index (χ3v) is 4.48. The van der Waals surface area contributed by atoms with Gasteiger partial charge in [0.2, 0.25) is 0 Å². The molecule has 0 aromatic heterocycles. The zero-order valence-corrected chi connectivity index (χ0v) is 19.4. The maximum atomic E-state index is 11.9. The number of carbonyl (C=O) groups excluding carboxylic acids is 1. The molecule has 1 amide bonds. The van der Waals surface area contributed by atoms with Crippen LogP contribution in [0.1, 0.15) is 23.7 Å². The summed E-state index contributed by atoms with van der Waals surface area (Å²) in [7, 11) is 1.65. The Labute approximate surface area is 200 Å². The molecule has 0 unspecified atom stereocenters. The highest BCUT2D eigenvalue weighted by Gasteiger charge is 2.38. The Kier molecular flexibility index (Phi) is 12.3. The number of piperazine rings is 1. The zero-order valence-electron chi connectivity index (χ0n) is 19.4. The van der Waals surface area contributed by atoms with Crippen LogP contribution in [0.4, 0.5) is 23.7 Å². The molecule has 0 spiro atoms. The molecule has 2 rings (SSSR count). The van der Waals surface area contributed by atoms with Crippen molar-refractivity contribution in [1.82, 2.24) is 9.80 Å². The van der Waals surface area contributed by atoms with Gasteiger partial charge in [0.25, 0.3) is 0 Å². The van der Waals surface area contributed by atoms with Gasteiger partial charge in [0.05, 0.1) is 12.2 Å². The van der Waals surface area contributed by atoms with Gasteiger partial charge in [0, 0.05) is 52.1 Å². The van der Waals surface area contributed by atoms with Crippen molar-refractivity contribution in [2.45, 2.75) is 19.5 Å². The molecule has 1 fully saturated rings. The summed E-state index contributed by atoms with van der Waals surface area (Å²) in [5.41, 5.74) is 0.856. The number of carbonyl (C=O) groups is 3. The standard InChI is InChI=1S/C19H28N4O5.C2HF3O2/c1-3-28-19(26)23-11-9-22(10-12-23)18(20-8-5-13-27-2)21-16-7-4-6-15(14-16)17(24)25;3-2(4,5)1(6)7/h4,6-7,14H,3,5,8-13H2,1-2H3,(H,20,21)(H,24,25);(H,6,7). The summed E-state index contributed by atoms with van der Waals surface area (Å²) >= 11 is 0. The van der Waals surface area contributed by atoms with Crippen LogP contribution in [-0.4, -0.2) is 103 Å². The van der Waals surface area contributed by atoms with Crippen LogP contribution in [0.2, 0.25) is 0 Å². The smallest absolute Gasteiger partial charge is 0.478 e. The van der Waals surface area contributed by atoms with Gasteiger partial charge in [-0.2, -0.15) is 13.2 Å². The molecular weight excluding hydrogens is 477 g/mol. The Morgan fingerprint density at radius 3 is 2.23 bits per heavy atom. The number of hydrogen-bond acceptors (Lipinski definition) is 6. The van der Waals surface area contributed by atoms with Crippen molar-refractivity contribution in [1.29, 1.82) is 0 Å². The lowest BCUT2D eigenvalue weighted by Gasteiger charge is -2.36. The average Bonchev–Trinajstić information content (AvgIpc) is 2.81. The van der Waals surface area contributed by atoms with E-state index < -0.39 is 18.1 Å². The van der Waals surface area contributed by atoms with Crippen molar-refractivity contribution in [2.75, 3.05) is 58.4 Å². The fraction of sp³-hybridized carbons (Fsp3) is 0.524. The van der Waals surface area contributed by atoms with Crippen LogP contribution < -0.4 is 5.32 Å². The summed E-state index contributed by atoms with van der Waals surface area (Å²) < 4.78 is 41.9. The molecule has 0 atom stereocenters. The molecule has 0 saturated carbocycles. The molecule has 1 aliphatic heterocycles. The highest BCUT2D eigenvalue weighted by Crippen LogP contribution is 2.14. The van der Waals surface area contributed by atoms with Crippen molar-refractivity contribution < 1.29 is 47.2 Å². The molecule has 196 valence electrons. The number of alkyl halides is 3. The van der Waals surface area contributed by atoms with Crippen molar-refractivity contribution in [3.8, 4) is 0 Å². The van der Waals surface area contributed by atoms with Crippen LogP contribution in [0.3, 0.4) is 0 Å². The summed E-state index contributed by atoms with van der Waals surface area (Å²) in [6, 6.07) is 6.60. The predicted molar refractivity (Wildman–Crippen MR) is 120 cm³/mol. The minimum Gasteiger partial charge on any atom is -0.478 e. The number of methoxy groups -OCH3 is 1. The van der Waals surface area contributed by atoms with Crippen molar-refractivity contribution in [3.63, 3.8) is 0 Å². The molecule has 0 bridgehead atoms. The van der Waals surface area contributed by atoms with E-state index in [4.69, 9.17) is 19.4 Å². The van der Waals surface area contributed by atoms with Gasteiger partial charge in [-0.3, -0.25) is 4.99 Å². The molecule has 1 saturated heterocycles. The van der Waals surface area contributed by atoms with Gasteiger partial charge >= 0.3 is 24.2 Å². The molecule has 14 heteroatoms. The molecule has 1 aromatic carbocycles. The predicted octanol–water partition coefficient (Wildman–Crippen LogP) is 2.60. The van der Waals surface area contributed by atoms with Crippen LogP contribution >= 0.6 is 0 Å². The number of nitrogens with one attached hydrogen (secondary N) is 1. The molecule has 1 aliphatic rings. The number of amides is 1. The van der Waals surface area contributed by atoms with E-state index in [1.807, 2.05) is 0 Å². The molecule has 1 heterocycles. The summed E-state index contributed by atoms with van der Waals surface area (Å²) in [6.07, 6.45) is -4.61. The van der Waals surface area contributed by atoms with Crippen molar-refractivity contribution in [2.24, 2.45) is 4.99 Å². The fourth-order valence-electron chi connectivity index (χ4n) is 2.79. The Bertz CT molecular complexity index is 873. The van der Waals surface area contributed by atoms with Crippen LogP contribution in [-0.2, 0) is 14.3 Å². The molecule has 1 aromatic rings. The van der Waals surface area contributed by atoms with Gasteiger partial charge in [0.1, 0.15) is 0 Å². The van der Waals surface area contributed by atoms with Gasteiger partial charge in [-0.25, -0.2) is 14.4 Å². The number of guanidine groups is 1. The number of aromatic carboxylic acids is 1. The van der Waals surface area contributed by atoms with Crippen molar-refractivity contribution in [3.05, 3.63) is 29.8 Å². The lowest BCUT2D eigenvalue weighted by Crippen LogP contribution is -2.52. The SMILES string of the molecule is CCOC(=O)N1CCN(C(=NCCCOC)Nc2cccc(C(=O)O)c2)CC1.O=C(O)C(F)(F)F. The number of ether oxygens (including phenoxy) is 2. The van der Waals surface area contributed by atoms with E-state index in [1.54, 1.807) is 43.2 Å². The quantitative estimate of drug-likeness (QED) is 0.289. The van der Waals surface area contributed by atoms with Gasteiger partial charge in [-0.05, 0) is 31.5 Å². The summed E-state index contributed by atoms with van der Waals surface area (Å²) in [4.78, 5) is 40.3. The third kappa shape index (κ3) is 10.9. The lowest BCUT2D eigenvalue weighted by molar-refractivity contribution is -0.192. The van der Waals surface area contributed by atoms with Gasteiger partial charge in [0.15, 0.2) is 5.96 Å². The topological polar surface area (TPSA) is 141 Å². The minimum atomic E-state index is -5.08. The monoisotopic (exact) mass is 506 g/mol. The number of halogens is 3. The Hall–Kier alpha value is -3.55. The summed E-state index contributed by atoms with van der Waals surface area (Å²) in [6.45, 7) is 5.61. The van der Waals surface area contributed by atoms with Crippen LogP contribution in [0, 0.1) is 0 Å². The first-order valence-corrected chi connectivity index (χ1v) is 10.6. The number of anilines is 1. The maximum Gasteiger partial charge on any atom is 0.490 e. The lowest BCUT2D eigenvalue weighted by atomic mass is 10.2. The molecule has 35 heavy (non-hydrogen) atoms. The Morgan fingerprint density at radius 2 is 1.71 bits per heavy atom. The third-order valence-electron chi connectivity index (χ3n) is 4.48. The van der Waals surface area contributed by atoms with E-state index in [0.717, 1.165) is 6.42 Å². The molecular formula is C21H29F3N4O7. The fourth-order valence-corrected chi connectivity index (χ4v) is 2.79. The highest BCUT2D eigenvalue weighted by atomic mass is 19.4. The Morgan fingerprint density at radius 1 is 1.11 bits per heavy atom. The Balaban J connectivity index is 0.000000762. The second kappa shape index (κ2) is 14.7. The van der Waals surface area contributed by atoms with E-state index in [2.05, 4.69) is 15.2 Å². The van der Waals surface area contributed by atoms with Gasteiger partial charge in [-0.1, -0.05) is 6.07 Å². The number of nitrogens with zero attached hydrogens (tertiary/aromatic N) is 3. The number of carboxylic acid groups (broad SMARTS) is 2. The average molecular weight is 506 g/mol. The van der Waals surface area contributed by atoms with Crippen LogP contribution in [0.5, 0.6) is 0 Å². The number of aliphatic carboxylic acids is 1. The highest BCUT2D eigenvalue weighted by molar-refractivity contribution is 5.96. The van der Waals surface area contributed by atoms with Crippen molar-refractivity contribution >= 4 is 29.7 Å². The first-order valence-electron chi connectivity index (χ1n) is 10.6. The van der Waals surface area contributed by atoms with E-state index in [0.29, 0.717) is 57.6 Å². The van der Waals surface area contributed by atoms with Gasteiger partial charge in [-0.15, -0.1) is 0 Å². The number of aliphatic imine (C=N–C) groups is 1. The summed E-state index contributed by atoms with van der Waals surface area (Å²) in [5, 5.41) is 19.5. The van der Waals surface area contributed by atoms with E-state index in [1.165, 1.54) is 0 Å². The molecule has 0 aliphatic carbocycles.